The Morgan fingerprint density at radius 3 is 2.45 bits per heavy atom. The minimum Gasteiger partial charge on any atom is -0.396 e. The van der Waals surface area contributed by atoms with Crippen molar-refractivity contribution in [3.8, 4) is 11.1 Å². The second-order valence-corrected chi connectivity index (χ2v) is 6.60. The minimum atomic E-state index is -3.28. The van der Waals surface area contributed by atoms with Crippen molar-refractivity contribution in [3.63, 3.8) is 0 Å². The monoisotopic (exact) mass is 294 g/mol. The Balaban J connectivity index is 2.49. The quantitative estimate of drug-likeness (QED) is 0.942. The summed E-state index contributed by atoms with van der Waals surface area (Å²) in [6.45, 7) is -0.135. The largest absolute Gasteiger partial charge is 0.396 e. The molecule has 2 rings (SSSR count). The number of sulfone groups is 1. The Bertz CT molecular complexity index is 724. The van der Waals surface area contributed by atoms with Crippen LogP contribution in [-0.4, -0.2) is 26.4 Å². The highest BCUT2D eigenvalue weighted by Gasteiger charge is 2.10. The first-order valence-electron chi connectivity index (χ1n) is 6.11. The Kier molecular flexibility index (Phi) is 4.20. The summed E-state index contributed by atoms with van der Waals surface area (Å²) >= 11 is 0. The molecule has 0 aliphatic heterocycles. The van der Waals surface area contributed by atoms with Crippen molar-refractivity contribution in [2.75, 3.05) is 12.9 Å². The van der Waals surface area contributed by atoms with Gasteiger partial charge in [0.15, 0.2) is 9.84 Å². The zero-order valence-corrected chi connectivity index (χ0v) is 11.8. The molecule has 0 aromatic heterocycles. The average molecular weight is 294 g/mol. The fraction of sp³-hybridized carbons (Fsp3) is 0.200. The van der Waals surface area contributed by atoms with Crippen LogP contribution in [0.25, 0.3) is 11.1 Å². The van der Waals surface area contributed by atoms with Crippen LogP contribution < -0.4 is 0 Å². The van der Waals surface area contributed by atoms with Gasteiger partial charge in [0, 0.05) is 12.9 Å². The molecule has 106 valence electrons. The maximum absolute atomic E-state index is 13.5. The van der Waals surface area contributed by atoms with Gasteiger partial charge in [0.1, 0.15) is 5.82 Å². The third kappa shape index (κ3) is 3.23. The maximum atomic E-state index is 13.5. The Morgan fingerprint density at radius 1 is 1.10 bits per heavy atom. The van der Waals surface area contributed by atoms with Gasteiger partial charge in [-0.3, -0.25) is 0 Å². The fourth-order valence-electron chi connectivity index (χ4n) is 1.97. The zero-order valence-electron chi connectivity index (χ0n) is 11.0. The molecular formula is C15H15FO3S. The normalized spacial score (nSPS) is 11.6. The van der Waals surface area contributed by atoms with Crippen LogP contribution in [0.4, 0.5) is 4.39 Å². The van der Waals surface area contributed by atoms with E-state index in [9.17, 15) is 12.8 Å². The summed E-state index contributed by atoms with van der Waals surface area (Å²) in [5.41, 5.74) is 1.84. The van der Waals surface area contributed by atoms with Gasteiger partial charge in [-0.2, -0.15) is 0 Å². The topological polar surface area (TPSA) is 54.4 Å². The molecule has 5 heteroatoms. The molecule has 1 N–H and O–H groups in total. The van der Waals surface area contributed by atoms with Gasteiger partial charge in [-0.15, -0.1) is 0 Å². The van der Waals surface area contributed by atoms with Gasteiger partial charge in [-0.1, -0.05) is 18.2 Å². The third-order valence-corrected chi connectivity index (χ3v) is 4.13. The van der Waals surface area contributed by atoms with Crippen LogP contribution in [-0.2, 0) is 16.3 Å². The molecule has 0 bridgehead atoms. The van der Waals surface area contributed by atoms with Crippen molar-refractivity contribution in [2.24, 2.45) is 0 Å². The molecule has 0 heterocycles. The van der Waals surface area contributed by atoms with E-state index in [-0.39, 0.29) is 23.7 Å². The van der Waals surface area contributed by atoms with E-state index in [1.54, 1.807) is 30.3 Å². The predicted octanol–water partition coefficient (Wildman–Crippen LogP) is 2.43. The minimum absolute atomic E-state index is 0.135. The summed E-state index contributed by atoms with van der Waals surface area (Å²) in [7, 11) is -3.28. The van der Waals surface area contributed by atoms with Crippen molar-refractivity contribution >= 4 is 9.84 Å². The number of rotatable bonds is 4. The van der Waals surface area contributed by atoms with E-state index in [4.69, 9.17) is 5.11 Å². The second kappa shape index (κ2) is 5.73. The summed E-state index contributed by atoms with van der Waals surface area (Å²) in [5.74, 6) is -0.373. The van der Waals surface area contributed by atoms with Gasteiger partial charge in [0.05, 0.1) is 4.90 Å². The molecule has 3 nitrogen and oxygen atoms in total. The van der Waals surface area contributed by atoms with Gasteiger partial charge in [0.25, 0.3) is 0 Å². The standard InChI is InChI=1S/C15H15FO3S/c1-20(18,19)14-4-2-3-11(10-14)12-5-6-15(16)13(9-12)7-8-17/h2-6,9-10,17H,7-8H2,1H3. The van der Waals surface area contributed by atoms with Gasteiger partial charge >= 0.3 is 0 Å². The van der Waals surface area contributed by atoms with Crippen LogP contribution >= 0.6 is 0 Å². The predicted molar refractivity (Wildman–Crippen MR) is 75.7 cm³/mol. The molecule has 2 aromatic carbocycles. The number of aliphatic hydroxyl groups excluding tert-OH is 1. The molecule has 0 unspecified atom stereocenters. The Labute approximate surface area is 117 Å². The third-order valence-electron chi connectivity index (χ3n) is 3.02. The van der Waals surface area contributed by atoms with Gasteiger partial charge in [0.2, 0.25) is 0 Å². The summed E-state index contributed by atoms with van der Waals surface area (Å²) in [6, 6.07) is 11.1. The molecule has 0 radical (unpaired) electrons. The number of hydrogen-bond acceptors (Lipinski definition) is 3. The lowest BCUT2D eigenvalue weighted by molar-refractivity contribution is 0.297. The summed E-state index contributed by atoms with van der Waals surface area (Å²) in [5, 5.41) is 8.91. The van der Waals surface area contributed by atoms with Crippen LogP contribution in [0.15, 0.2) is 47.4 Å². The highest BCUT2D eigenvalue weighted by Crippen LogP contribution is 2.24. The van der Waals surface area contributed by atoms with Crippen LogP contribution in [0.2, 0.25) is 0 Å². The first-order valence-corrected chi connectivity index (χ1v) is 8.01. The number of halogens is 1. The molecular weight excluding hydrogens is 279 g/mol. The first-order chi connectivity index (χ1) is 9.41. The highest BCUT2D eigenvalue weighted by atomic mass is 32.2. The van der Waals surface area contributed by atoms with Crippen molar-refractivity contribution < 1.29 is 17.9 Å². The van der Waals surface area contributed by atoms with E-state index in [2.05, 4.69) is 0 Å². The van der Waals surface area contributed by atoms with Crippen LogP contribution in [0, 0.1) is 5.82 Å². The zero-order chi connectivity index (χ0) is 14.8. The van der Waals surface area contributed by atoms with Crippen LogP contribution in [0.3, 0.4) is 0 Å². The van der Waals surface area contributed by atoms with E-state index < -0.39 is 9.84 Å². The van der Waals surface area contributed by atoms with Crippen LogP contribution in [0.1, 0.15) is 5.56 Å². The number of benzene rings is 2. The van der Waals surface area contributed by atoms with E-state index in [1.807, 2.05) is 0 Å². The van der Waals surface area contributed by atoms with Crippen LogP contribution in [0.5, 0.6) is 0 Å². The summed E-state index contributed by atoms with van der Waals surface area (Å²) < 4.78 is 36.6. The maximum Gasteiger partial charge on any atom is 0.175 e. The lowest BCUT2D eigenvalue weighted by Crippen LogP contribution is -1.98. The molecule has 0 fully saturated rings. The molecule has 0 aliphatic rings. The molecule has 20 heavy (non-hydrogen) atoms. The highest BCUT2D eigenvalue weighted by molar-refractivity contribution is 7.90. The fourth-order valence-corrected chi connectivity index (χ4v) is 2.64. The molecule has 0 saturated heterocycles. The summed E-state index contributed by atoms with van der Waals surface area (Å²) in [4.78, 5) is 0.225. The number of aliphatic hydroxyl groups is 1. The van der Waals surface area contributed by atoms with Crippen molar-refractivity contribution in [1.29, 1.82) is 0 Å². The van der Waals surface area contributed by atoms with Crippen molar-refractivity contribution in [3.05, 3.63) is 53.8 Å². The van der Waals surface area contributed by atoms with E-state index in [1.165, 1.54) is 12.1 Å². The van der Waals surface area contributed by atoms with Crippen molar-refractivity contribution in [1.82, 2.24) is 0 Å². The van der Waals surface area contributed by atoms with Crippen molar-refractivity contribution in [2.45, 2.75) is 11.3 Å². The Hall–Kier alpha value is -1.72. The molecule has 0 saturated carbocycles. The number of hydrogen-bond donors (Lipinski definition) is 1. The molecule has 2 aromatic rings. The SMILES string of the molecule is CS(=O)(=O)c1cccc(-c2ccc(F)c(CCO)c2)c1. The van der Waals surface area contributed by atoms with Gasteiger partial charge in [-0.05, 0) is 47.4 Å². The van der Waals surface area contributed by atoms with E-state index >= 15 is 0 Å². The smallest absolute Gasteiger partial charge is 0.175 e. The lowest BCUT2D eigenvalue weighted by atomic mass is 10.0. The molecule has 0 spiro atoms. The van der Waals surface area contributed by atoms with E-state index in [0.29, 0.717) is 11.1 Å². The molecule has 0 aliphatic carbocycles. The van der Waals surface area contributed by atoms with Gasteiger partial charge < -0.3 is 5.11 Å². The molecule has 0 atom stereocenters. The summed E-state index contributed by atoms with van der Waals surface area (Å²) in [6.07, 6.45) is 1.37. The molecule has 0 amide bonds. The van der Waals surface area contributed by atoms with E-state index in [0.717, 1.165) is 11.8 Å². The Morgan fingerprint density at radius 2 is 1.80 bits per heavy atom. The second-order valence-electron chi connectivity index (χ2n) is 4.58. The van der Waals surface area contributed by atoms with Gasteiger partial charge in [-0.25, -0.2) is 12.8 Å². The average Bonchev–Trinajstić information content (AvgIpc) is 2.41. The lowest BCUT2D eigenvalue weighted by Gasteiger charge is -2.07. The first kappa shape index (κ1) is 14.7.